The number of fused-ring (bicyclic) bond motifs is 3. The van der Waals surface area contributed by atoms with E-state index in [4.69, 9.17) is 10.2 Å². The van der Waals surface area contributed by atoms with Gasteiger partial charge in [0, 0.05) is 61.4 Å². The van der Waals surface area contributed by atoms with E-state index in [0.717, 1.165) is 53.8 Å². The van der Waals surface area contributed by atoms with Crippen molar-refractivity contribution in [3.63, 3.8) is 0 Å². The molecule has 4 rings (SSSR count). The summed E-state index contributed by atoms with van der Waals surface area (Å²) in [6.45, 7) is 3.98. The Hall–Kier alpha value is -1.47. The van der Waals surface area contributed by atoms with Gasteiger partial charge in [-0.15, -0.1) is 0 Å². The zero-order chi connectivity index (χ0) is 16.7. The largest absolute Gasteiger partial charge is 0.311 e. The number of hydrogen-bond donors (Lipinski definition) is 0. The van der Waals surface area contributed by atoms with Gasteiger partial charge in [0.25, 0.3) is 0 Å². The first-order valence-corrected chi connectivity index (χ1v) is 11.3. The minimum absolute atomic E-state index is 0.527. The summed E-state index contributed by atoms with van der Waals surface area (Å²) < 4.78 is 4.32. The summed E-state index contributed by atoms with van der Waals surface area (Å²) in [6.07, 6.45) is 6.71. The van der Waals surface area contributed by atoms with Crippen LogP contribution < -0.4 is 5.01 Å². The van der Waals surface area contributed by atoms with Crippen molar-refractivity contribution in [2.24, 2.45) is 5.92 Å². The Balaban J connectivity index is 1.79. The van der Waals surface area contributed by atoms with Gasteiger partial charge in [-0.3, -0.25) is 3.97 Å². The van der Waals surface area contributed by atoms with E-state index in [1.54, 1.807) is 9.12 Å². The molecule has 8 heteroatoms. The van der Waals surface area contributed by atoms with Gasteiger partial charge >= 0.3 is 0 Å². The second kappa shape index (κ2) is 6.44. The number of rotatable bonds is 3. The molecule has 1 saturated heterocycles. The van der Waals surface area contributed by atoms with Gasteiger partial charge in [-0.1, -0.05) is 0 Å². The molecule has 0 N–H and O–H groups in total. The lowest BCUT2D eigenvalue weighted by Gasteiger charge is -2.34. The fourth-order valence-electron chi connectivity index (χ4n) is 3.58. The molecule has 3 aromatic rings. The zero-order valence-electron chi connectivity index (χ0n) is 13.3. The highest BCUT2D eigenvalue weighted by Gasteiger charge is 2.23. The topological polar surface area (TPSA) is 62.7 Å². The van der Waals surface area contributed by atoms with Gasteiger partial charge in [0.2, 0.25) is 0 Å². The Morgan fingerprint density at radius 3 is 2.92 bits per heavy atom. The maximum absolute atomic E-state index is 8.91. The first kappa shape index (κ1) is 16.0. The van der Waals surface area contributed by atoms with Crippen LogP contribution in [0.25, 0.3) is 22.1 Å². The number of nitrogens with zero attached hydrogens (tertiary/aromatic N) is 6. The lowest BCUT2D eigenvalue weighted by molar-refractivity contribution is 0.369. The van der Waals surface area contributed by atoms with Crippen molar-refractivity contribution in [1.82, 2.24) is 18.6 Å². The minimum Gasteiger partial charge on any atom is -0.311 e. The van der Waals surface area contributed by atoms with Gasteiger partial charge in [0.15, 0.2) is 5.65 Å². The van der Waals surface area contributed by atoms with Gasteiger partial charge in [0.05, 0.1) is 12.3 Å². The number of imidazole rings is 1. The van der Waals surface area contributed by atoms with Crippen LogP contribution in [-0.2, 0) is 0 Å². The fraction of sp³-hybridized carbons (Fsp3) is 0.438. The fourth-order valence-corrected chi connectivity index (χ4v) is 4.85. The van der Waals surface area contributed by atoms with Gasteiger partial charge in [-0.05, 0) is 31.7 Å². The molecule has 124 valence electrons. The predicted molar refractivity (Wildman–Crippen MR) is 106 cm³/mol. The Bertz CT molecular complexity index is 931. The number of pyridine rings is 1. The highest BCUT2D eigenvalue weighted by Crippen LogP contribution is 2.30. The second-order valence-electron chi connectivity index (χ2n) is 6.17. The van der Waals surface area contributed by atoms with E-state index in [9.17, 15) is 0 Å². The summed E-state index contributed by atoms with van der Waals surface area (Å²) in [5.74, 6) is 1.52. The van der Waals surface area contributed by atoms with Crippen LogP contribution in [0.1, 0.15) is 25.1 Å². The molecule has 24 heavy (non-hydrogen) atoms. The molecule has 6 nitrogen and oxygen atoms in total. The molecule has 0 radical (unpaired) electrons. The van der Waals surface area contributed by atoms with Crippen LogP contribution in [0.2, 0.25) is 0 Å². The van der Waals surface area contributed by atoms with E-state index in [0.29, 0.717) is 12.3 Å². The average Bonchev–Trinajstić information content (AvgIpc) is 3.15. The number of hydrogen-bond acceptors (Lipinski definition) is 5. The van der Waals surface area contributed by atoms with Crippen molar-refractivity contribution < 1.29 is 0 Å². The summed E-state index contributed by atoms with van der Waals surface area (Å²) in [7, 11) is 1.62. The molecule has 0 spiro atoms. The molecule has 1 fully saturated rings. The van der Waals surface area contributed by atoms with Gasteiger partial charge in [0.1, 0.15) is 16.9 Å². The normalized spacial score (nSPS) is 16.1. The van der Waals surface area contributed by atoms with Crippen LogP contribution in [0.4, 0.5) is 0 Å². The summed E-state index contributed by atoms with van der Waals surface area (Å²) >= 11 is 2.27. The smallest absolute Gasteiger partial charge is 0.152 e. The van der Waals surface area contributed by atoms with Crippen LogP contribution in [-0.4, -0.2) is 31.7 Å². The van der Waals surface area contributed by atoms with Gasteiger partial charge in [-0.2, -0.15) is 5.26 Å². The van der Waals surface area contributed by atoms with Crippen LogP contribution in [0.15, 0.2) is 18.5 Å². The highest BCUT2D eigenvalue weighted by molar-refractivity contribution is 14.2. The van der Waals surface area contributed by atoms with E-state index in [1.807, 2.05) is 6.20 Å². The lowest BCUT2D eigenvalue weighted by Crippen LogP contribution is -2.42. The number of piperidine rings is 1. The van der Waals surface area contributed by atoms with Crippen molar-refractivity contribution in [2.75, 3.05) is 18.1 Å². The molecule has 0 amide bonds. The Morgan fingerprint density at radius 1 is 1.42 bits per heavy atom. The number of aryl methyl sites for hydroxylation is 1. The molecular weight excluding hydrogens is 435 g/mol. The molecule has 0 saturated carbocycles. The molecule has 1 aliphatic heterocycles. The van der Waals surface area contributed by atoms with E-state index in [1.165, 1.54) is 0 Å². The van der Waals surface area contributed by atoms with Crippen molar-refractivity contribution in [1.29, 1.82) is 5.26 Å². The molecule has 0 aromatic carbocycles. The molecule has 0 atom stereocenters. The lowest BCUT2D eigenvalue weighted by atomic mass is 9.95. The number of nitriles is 1. The Labute approximate surface area is 156 Å². The summed E-state index contributed by atoms with van der Waals surface area (Å²) in [5, 5.41) is 12.4. The first-order valence-electron chi connectivity index (χ1n) is 7.99. The third kappa shape index (κ3) is 2.54. The maximum Gasteiger partial charge on any atom is 0.152 e. The van der Waals surface area contributed by atoms with Gasteiger partial charge < -0.3 is 5.01 Å². The van der Waals surface area contributed by atoms with Crippen molar-refractivity contribution in [2.45, 2.75) is 26.2 Å². The SMILES string of the molecule is Cc1nc2cnc3c(ccn3SI)c2n1N1CCC(CC#N)CC1. The molecule has 0 unspecified atom stereocenters. The Morgan fingerprint density at radius 2 is 2.21 bits per heavy atom. The average molecular weight is 452 g/mol. The van der Waals surface area contributed by atoms with Crippen LogP contribution in [0.3, 0.4) is 0 Å². The zero-order valence-corrected chi connectivity index (χ0v) is 16.3. The number of aromatic nitrogens is 4. The van der Waals surface area contributed by atoms with Crippen molar-refractivity contribution in [3.8, 4) is 6.07 Å². The monoisotopic (exact) mass is 452 g/mol. The van der Waals surface area contributed by atoms with Crippen LogP contribution >= 0.6 is 30.3 Å². The molecule has 0 bridgehead atoms. The maximum atomic E-state index is 8.91. The third-order valence-electron chi connectivity index (χ3n) is 4.76. The molecule has 4 heterocycles. The van der Waals surface area contributed by atoms with Crippen LogP contribution in [0.5, 0.6) is 0 Å². The summed E-state index contributed by atoms with van der Waals surface area (Å²) in [5.41, 5.74) is 3.05. The standard InChI is InChI=1S/C16H17IN6S/c1-11-20-14-10-19-16-13(5-9-22(16)24-17)15(14)23(11)21-7-3-12(2-6-18)4-8-21/h5,9-10,12H,2-4,7-8H2,1H3. The van der Waals surface area contributed by atoms with Crippen LogP contribution in [0, 0.1) is 24.2 Å². The minimum atomic E-state index is 0.527. The van der Waals surface area contributed by atoms with E-state index in [-0.39, 0.29) is 0 Å². The molecule has 0 aliphatic carbocycles. The third-order valence-corrected chi connectivity index (χ3v) is 6.48. The highest BCUT2D eigenvalue weighted by atomic mass is 127. The second-order valence-corrected chi connectivity index (χ2v) is 7.88. The van der Waals surface area contributed by atoms with Gasteiger partial charge in [-0.25, -0.2) is 14.6 Å². The summed E-state index contributed by atoms with van der Waals surface area (Å²) in [4.78, 5) is 9.30. The van der Waals surface area contributed by atoms with E-state index < -0.39 is 0 Å². The van der Waals surface area contributed by atoms with E-state index in [2.05, 4.69) is 65.1 Å². The molecule has 3 aromatic heterocycles. The Kier molecular flexibility index (Phi) is 4.30. The van der Waals surface area contributed by atoms with E-state index >= 15 is 0 Å². The van der Waals surface area contributed by atoms with Crippen molar-refractivity contribution >= 4 is 52.4 Å². The predicted octanol–water partition coefficient (Wildman–Crippen LogP) is 3.80. The summed E-state index contributed by atoms with van der Waals surface area (Å²) in [6, 6.07) is 4.43. The molecular formula is C16H17IN6S. The van der Waals surface area contributed by atoms with Crippen molar-refractivity contribution in [3.05, 3.63) is 24.3 Å². The first-order chi connectivity index (χ1) is 11.7. The number of halogens is 1. The quantitative estimate of drug-likeness (QED) is 0.566. The molecule has 1 aliphatic rings.